The van der Waals surface area contributed by atoms with Crippen LogP contribution in [0.1, 0.15) is 31.2 Å². The van der Waals surface area contributed by atoms with Gasteiger partial charge in [-0.05, 0) is 57.9 Å². The molecule has 0 saturated carbocycles. The van der Waals surface area contributed by atoms with Gasteiger partial charge < -0.3 is 25.7 Å². The Morgan fingerprint density at radius 2 is 1.91 bits per heavy atom. The summed E-state index contributed by atoms with van der Waals surface area (Å²) in [6, 6.07) is 10.9. The summed E-state index contributed by atoms with van der Waals surface area (Å²) >= 11 is 4.56. The number of anilines is 1. The first-order valence-corrected chi connectivity index (χ1v) is 11.5. The fourth-order valence-electron chi connectivity index (χ4n) is 2.82. The zero-order valence-electron chi connectivity index (χ0n) is 18.2. The van der Waals surface area contributed by atoms with Crippen LogP contribution < -0.4 is 15.5 Å². The summed E-state index contributed by atoms with van der Waals surface area (Å²) in [6.07, 6.45) is 2.86. The lowest BCUT2D eigenvalue weighted by atomic mass is 10.1. The van der Waals surface area contributed by atoms with Crippen LogP contribution in [0, 0.1) is 0 Å². The van der Waals surface area contributed by atoms with E-state index >= 15 is 0 Å². The third kappa shape index (κ3) is 6.42. The van der Waals surface area contributed by atoms with E-state index in [1.165, 1.54) is 47.9 Å². The molecule has 1 aromatic heterocycles. The molecule has 9 nitrogen and oxygen atoms in total. The number of carbonyl (C=O) groups excluding carboxylic acids is 2. The number of amides is 2. The van der Waals surface area contributed by atoms with E-state index in [0.717, 1.165) is 5.56 Å². The maximum atomic E-state index is 12.7. The van der Waals surface area contributed by atoms with Crippen LogP contribution in [0.25, 0.3) is 6.08 Å². The molecule has 4 N–H and O–H groups in total. The van der Waals surface area contributed by atoms with E-state index in [2.05, 4.69) is 31.5 Å². The molecule has 0 aliphatic heterocycles. The molecular weight excluding hydrogens is 524 g/mol. The van der Waals surface area contributed by atoms with E-state index in [0.29, 0.717) is 20.0 Å². The van der Waals surface area contributed by atoms with E-state index < -0.39 is 11.9 Å². The molecule has 0 radical (unpaired) electrons. The Morgan fingerprint density at radius 1 is 1.15 bits per heavy atom. The lowest BCUT2D eigenvalue weighted by Crippen LogP contribution is -2.28. The molecule has 2 amide bonds. The molecule has 0 fully saturated rings. The Bertz CT molecular complexity index is 1270. The summed E-state index contributed by atoms with van der Waals surface area (Å²) in [5, 5.41) is 24.9. The minimum Gasteiger partial charge on any atom is -0.508 e. The molecule has 34 heavy (non-hydrogen) atoms. The molecule has 1 heterocycles. The summed E-state index contributed by atoms with van der Waals surface area (Å²) in [6.45, 7) is 0.215. The van der Waals surface area contributed by atoms with Crippen LogP contribution in [-0.4, -0.2) is 47.1 Å². The number of rotatable bonds is 8. The number of thiazole rings is 1. The Morgan fingerprint density at radius 3 is 2.53 bits per heavy atom. The van der Waals surface area contributed by atoms with Gasteiger partial charge in [0.1, 0.15) is 11.4 Å². The van der Waals surface area contributed by atoms with Crippen LogP contribution in [0.4, 0.5) is 5.13 Å². The number of carboxylic acid groups (broad SMARTS) is 1. The lowest BCUT2D eigenvalue weighted by molar-refractivity contribution is -0.132. The van der Waals surface area contributed by atoms with Gasteiger partial charge >= 0.3 is 5.97 Å². The second kappa shape index (κ2) is 10.9. The number of hydrogen-bond acceptors (Lipinski definition) is 7. The van der Waals surface area contributed by atoms with Crippen molar-refractivity contribution in [3.05, 3.63) is 80.4 Å². The maximum Gasteiger partial charge on any atom is 0.352 e. The van der Waals surface area contributed by atoms with E-state index in [4.69, 9.17) is 0 Å². The van der Waals surface area contributed by atoms with E-state index in [-0.39, 0.29) is 29.5 Å². The highest BCUT2D eigenvalue weighted by molar-refractivity contribution is 9.10. The first kappa shape index (κ1) is 24.9. The summed E-state index contributed by atoms with van der Waals surface area (Å²) in [5.74, 6) is -2.21. The van der Waals surface area contributed by atoms with Crippen molar-refractivity contribution < 1.29 is 24.6 Å². The number of nitrogens with zero attached hydrogens (tertiary/aromatic N) is 2. The standard InChI is InChI=1S/C23H21BrN4O5S/c1-28(2)23-26-12-16(34-23)10-19(22(32)33)27-21(31)17-7-6-14(9-18(17)24)20(30)25-11-13-4-3-5-15(29)8-13/h3-10,12,29H,11H2,1-2H3,(H,25,30)(H,27,31)(H,32,33)/b19-10-. The number of nitrogens with one attached hydrogen (secondary N) is 2. The van der Waals surface area contributed by atoms with Crippen molar-refractivity contribution in [1.29, 1.82) is 0 Å². The molecule has 0 atom stereocenters. The third-order valence-corrected chi connectivity index (χ3v) is 6.27. The molecule has 2 aromatic carbocycles. The van der Waals surface area contributed by atoms with Gasteiger partial charge in [-0.25, -0.2) is 9.78 Å². The fraction of sp³-hybridized carbons (Fsp3) is 0.130. The van der Waals surface area contributed by atoms with Crippen molar-refractivity contribution in [1.82, 2.24) is 15.6 Å². The number of aromatic hydroxyl groups is 1. The molecular formula is C23H21BrN4O5S. The van der Waals surface area contributed by atoms with Gasteiger partial charge in [0.15, 0.2) is 5.13 Å². The first-order valence-electron chi connectivity index (χ1n) is 9.89. The smallest absolute Gasteiger partial charge is 0.352 e. The number of carboxylic acids is 1. The Hall–Kier alpha value is -3.70. The van der Waals surface area contributed by atoms with Crippen LogP contribution in [-0.2, 0) is 11.3 Å². The van der Waals surface area contributed by atoms with Crippen LogP contribution >= 0.6 is 27.3 Å². The number of carbonyl (C=O) groups is 3. The SMILES string of the molecule is CN(C)c1ncc(/C=C(\NC(=O)c2ccc(C(=O)NCc3cccc(O)c3)cc2Br)C(=O)O)s1. The molecule has 0 unspecified atom stereocenters. The van der Waals surface area contributed by atoms with Gasteiger partial charge in [-0.2, -0.15) is 0 Å². The molecule has 3 aromatic rings. The monoisotopic (exact) mass is 544 g/mol. The van der Waals surface area contributed by atoms with Crippen molar-refractivity contribution in [3.8, 4) is 5.75 Å². The molecule has 176 valence electrons. The highest BCUT2D eigenvalue weighted by Crippen LogP contribution is 2.23. The van der Waals surface area contributed by atoms with Gasteiger partial charge in [-0.1, -0.05) is 23.5 Å². The molecule has 0 bridgehead atoms. The quantitative estimate of drug-likeness (QED) is 0.319. The summed E-state index contributed by atoms with van der Waals surface area (Å²) in [7, 11) is 3.64. The van der Waals surface area contributed by atoms with Crippen molar-refractivity contribution in [3.63, 3.8) is 0 Å². The van der Waals surface area contributed by atoms with E-state index in [1.54, 1.807) is 23.1 Å². The zero-order valence-corrected chi connectivity index (χ0v) is 20.6. The average Bonchev–Trinajstić information content (AvgIpc) is 3.26. The highest BCUT2D eigenvalue weighted by atomic mass is 79.9. The van der Waals surface area contributed by atoms with E-state index in [9.17, 15) is 24.6 Å². The third-order valence-electron chi connectivity index (χ3n) is 4.50. The van der Waals surface area contributed by atoms with Gasteiger partial charge in [0.25, 0.3) is 11.8 Å². The average molecular weight is 545 g/mol. The minimum absolute atomic E-state index is 0.105. The lowest BCUT2D eigenvalue weighted by Gasteiger charge is -2.10. The molecule has 11 heteroatoms. The number of benzene rings is 2. The fourth-order valence-corrected chi connectivity index (χ4v) is 4.16. The number of halogens is 1. The van der Waals surface area contributed by atoms with Gasteiger partial charge in [-0.15, -0.1) is 0 Å². The van der Waals surface area contributed by atoms with E-state index in [1.807, 2.05) is 14.1 Å². The Balaban J connectivity index is 1.71. The van der Waals surface area contributed by atoms with Crippen LogP contribution in [0.3, 0.4) is 0 Å². The summed E-state index contributed by atoms with van der Waals surface area (Å²) in [5.41, 5.74) is 0.891. The first-order chi connectivity index (χ1) is 16.1. The number of hydrogen-bond donors (Lipinski definition) is 4. The van der Waals surface area contributed by atoms with Crippen LogP contribution in [0.15, 0.2) is 58.8 Å². The Kier molecular flexibility index (Phi) is 8.03. The molecule has 0 aliphatic carbocycles. The zero-order chi connectivity index (χ0) is 24.8. The largest absolute Gasteiger partial charge is 0.508 e. The molecule has 0 spiro atoms. The van der Waals surface area contributed by atoms with Crippen molar-refractivity contribution >= 4 is 56.3 Å². The second-order valence-electron chi connectivity index (χ2n) is 7.30. The predicted octanol–water partition coefficient (Wildman–Crippen LogP) is 3.46. The normalized spacial score (nSPS) is 11.1. The van der Waals surface area contributed by atoms with Crippen molar-refractivity contribution in [2.24, 2.45) is 0 Å². The second-order valence-corrected chi connectivity index (χ2v) is 9.20. The predicted molar refractivity (Wildman–Crippen MR) is 133 cm³/mol. The topological polar surface area (TPSA) is 132 Å². The number of aromatic nitrogens is 1. The summed E-state index contributed by atoms with van der Waals surface area (Å²) in [4.78, 5) is 43.4. The highest BCUT2D eigenvalue weighted by Gasteiger charge is 2.18. The maximum absolute atomic E-state index is 12.7. The van der Waals surface area contributed by atoms with Gasteiger partial charge in [0.2, 0.25) is 0 Å². The number of phenols is 1. The molecule has 3 rings (SSSR count). The van der Waals surface area contributed by atoms with Gasteiger partial charge in [-0.3, -0.25) is 9.59 Å². The summed E-state index contributed by atoms with van der Waals surface area (Å²) < 4.78 is 0.326. The number of phenolic OH excluding ortho intramolecular Hbond substituents is 1. The molecule has 0 aliphatic rings. The number of aliphatic carboxylic acids is 1. The van der Waals surface area contributed by atoms with Gasteiger partial charge in [0.05, 0.1) is 10.4 Å². The van der Waals surface area contributed by atoms with Crippen molar-refractivity contribution in [2.75, 3.05) is 19.0 Å². The molecule has 0 saturated heterocycles. The van der Waals surface area contributed by atoms with Crippen LogP contribution in [0.5, 0.6) is 5.75 Å². The minimum atomic E-state index is -1.30. The Labute approximate surface area is 207 Å². The van der Waals surface area contributed by atoms with Crippen molar-refractivity contribution in [2.45, 2.75) is 6.54 Å². The van der Waals surface area contributed by atoms with Crippen LogP contribution in [0.2, 0.25) is 0 Å². The van der Waals surface area contributed by atoms with Gasteiger partial charge in [0, 0.05) is 36.9 Å².